The lowest BCUT2D eigenvalue weighted by molar-refractivity contribution is -0.00561. The summed E-state index contributed by atoms with van der Waals surface area (Å²) in [6.07, 6.45) is 0.301. The maximum Gasteiger partial charge on any atom is 0.124 e. The molecule has 0 N–H and O–H groups in total. The third kappa shape index (κ3) is 5.12. The van der Waals surface area contributed by atoms with Crippen molar-refractivity contribution in [2.75, 3.05) is 24.8 Å². The lowest BCUT2D eigenvalue weighted by atomic mass is 10.1. The Morgan fingerprint density at radius 2 is 1.78 bits per heavy atom. The fraction of sp³-hybridized carbons (Fsp3) is 0.571. The van der Waals surface area contributed by atoms with E-state index in [1.54, 1.807) is 7.11 Å². The average molecular weight is 364 g/mol. The molecule has 4 heteroatoms. The molecule has 0 radical (unpaired) electrons. The third-order valence-corrected chi connectivity index (χ3v) is 3.28. The van der Waals surface area contributed by atoms with Gasteiger partial charge in [0.05, 0.1) is 32.5 Å². The second-order valence-electron chi connectivity index (χ2n) is 4.18. The van der Waals surface area contributed by atoms with Gasteiger partial charge in [-0.1, -0.05) is 40.8 Å². The van der Waals surface area contributed by atoms with Crippen LogP contribution in [0.3, 0.4) is 0 Å². The van der Waals surface area contributed by atoms with Crippen molar-refractivity contribution in [1.82, 2.24) is 0 Å². The van der Waals surface area contributed by atoms with Crippen LogP contribution < -0.4 is 4.74 Å². The average Bonchev–Trinajstić information content (AvgIpc) is 2.38. The molecular formula is C14H21IO3. The number of alkyl halides is 1. The van der Waals surface area contributed by atoms with Crippen molar-refractivity contribution in [1.29, 1.82) is 0 Å². The molecule has 0 spiro atoms. The molecule has 1 aromatic carbocycles. The van der Waals surface area contributed by atoms with Crippen LogP contribution in [0.2, 0.25) is 0 Å². The maximum absolute atomic E-state index is 5.86. The molecule has 1 atom stereocenters. The van der Waals surface area contributed by atoms with Gasteiger partial charge in [0.2, 0.25) is 0 Å². The number of halogens is 1. The molecule has 0 fully saturated rings. The molecule has 1 unspecified atom stereocenters. The van der Waals surface area contributed by atoms with Gasteiger partial charge < -0.3 is 14.2 Å². The highest BCUT2D eigenvalue weighted by Gasteiger charge is 2.14. The van der Waals surface area contributed by atoms with Crippen LogP contribution in [0.1, 0.15) is 25.5 Å². The second kappa shape index (κ2) is 8.72. The summed E-state index contributed by atoms with van der Waals surface area (Å²) in [6, 6.07) is 7.98. The lowest BCUT2D eigenvalue weighted by Crippen LogP contribution is -2.14. The summed E-state index contributed by atoms with van der Waals surface area (Å²) in [5.74, 6) is 0.879. The number of hydrogen-bond donors (Lipinski definition) is 0. The van der Waals surface area contributed by atoms with Crippen molar-refractivity contribution in [3.63, 3.8) is 0 Å². The van der Waals surface area contributed by atoms with E-state index < -0.39 is 0 Å². The van der Waals surface area contributed by atoms with E-state index in [4.69, 9.17) is 14.2 Å². The zero-order valence-corrected chi connectivity index (χ0v) is 13.3. The molecule has 0 aromatic heterocycles. The van der Waals surface area contributed by atoms with Crippen LogP contribution in [0, 0.1) is 0 Å². The standard InChI is InChI=1S/C14H21IO3/c1-11(2)17-8-9-18-14(10-15)12-6-4-5-7-13(12)16-3/h4-7,11,14H,8-10H2,1-3H3. The first-order valence-corrected chi connectivity index (χ1v) is 7.63. The Morgan fingerprint density at radius 3 is 2.39 bits per heavy atom. The summed E-state index contributed by atoms with van der Waals surface area (Å²) >= 11 is 2.33. The van der Waals surface area contributed by atoms with Crippen molar-refractivity contribution >= 4 is 22.6 Å². The quantitative estimate of drug-likeness (QED) is 0.401. The van der Waals surface area contributed by atoms with Crippen LogP contribution >= 0.6 is 22.6 Å². The van der Waals surface area contributed by atoms with Crippen LogP contribution in [-0.4, -0.2) is 30.9 Å². The Morgan fingerprint density at radius 1 is 1.11 bits per heavy atom. The van der Waals surface area contributed by atoms with Crippen LogP contribution in [0.25, 0.3) is 0 Å². The van der Waals surface area contributed by atoms with Gasteiger partial charge in [0, 0.05) is 9.99 Å². The number of rotatable bonds is 8. The van der Waals surface area contributed by atoms with Crippen LogP contribution in [-0.2, 0) is 9.47 Å². The molecule has 0 aliphatic rings. The molecule has 3 nitrogen and oxygen atoms in total. The molecule has 1 rings (SSSR count). The van der Waals surface area contributed by atoms with Gasteiger partial charge in [0.1, 0.15) is 5.75 Å². The van der Waals surface area contributed by atoms with Crippen LogP contribution in [0.5, 0.6) is 5.75 Å². The number of methoxy groups -OCH3 is 1. The minimum absolute atomic E-state index is 0.0533. The van der Waals surface area contributed by atoms with E-state index in [-0.39, 0.29) is 12.2 Å². The molecule has 102 valence electrons. The van der Waals surface area contributed by atoms with Gasteiger partial charge in [-0.15, -0.1) is 0 Å². The van der Waals surface area contributed by atoms with E-state index in [2.05, 4.69) is 22.6 Å². The van der Waals surface area contributed by atoms with E-state index in [0.717, 1.165) is 15.7 Å². The summed E-state index contributed by atoms with van der Waals surface area (Å²) in [5.41, 5.74) is 1.10. The SMILES string of the molecule is COc1ccccc1C(CI)OCCOC(C)C. The van der Waals surface area contributed by atoms with E-state index in [1.165, 1.54) is 0 Å². The van der Waals surface area contributed by atoms with Gasteiger partial charge in [0.15, 0.2) is 0 Å². The summed E-state index contributed by atoms with van der Waals surface area (Å²) in [7, 11) is 1.69. The van der Waals surface area contributed by atoms with Crippen LogP contribution in [0.4, 0.5) is 0 Å². The summed E-state index contributed by atoms with van der Waals surface area (Å²) in [5, 5.41) is 0. The van der Waals surface area contributed by atoms with E-state index in [0.29, 0.717) is 13.2 Å². The van der Waals surface area contributed by atoms with Crippen molar-refractivity contribution in [3.8, 4) is 5.75 Å². The van der Waals surface area contributed by atoms with Gasteiger partial charge in [-0.25, -0.2) is 0 Å². The largest absolute Gasteiger partial charge is 0.496 e. The Balaban J connectivity index is 2.54. The van der Waals surface area contributed by atoms with Gasteiger partial charge in [-0.3, -0.25) is 0 Å². The van der Waals surface area contributed by atoms with Gasteiger partial charge in [0.25, 0.3) is 0 Å². The molecule has 0 saturated carbocycles. The Hall–Kier alpha value is -0.330. The number of hydrogen-bond acceptors (Lipinski definition) is 3. The fourth-order valence-corrected chi connectivity index (χ4v) is 2.35. The Bertz CT molecular complexity index is 342. The van der Waals surface area contributed by atoms with E-state index in [1.807, 2.05) is 38.1 Å². The maximum atomic E-state index is 5.86. The molecule has 0 bridgehead atoms. The van der Waals surface area contributed by atoms with Gasteiger partial charge in [-0.2, -0.15) is 0 Å². The molecule has 18 heavy (non-hydrogen) atoms. The fourth-order valence-electron chi connectivity index (χ4n) is 1.62. The van der Waals surface area contributed by atoms with Gasteiger partial charge >= 0.3 is 0 Å². The minimum Gasteiger partial charge on any atom is -0.496 e. The molecule has 0 amide bonds. The molecular weight excluding hydrogens is 343 g/mol. The van der Waals surface area contributed by atoms with Gasteiger partial charge in [-0.05, 0) is 19.9 Å². The van der Waals surface area contributed by atoms with Crippen molar-refractivity contribution in [2.45, 2.75) is 26.1 Å². The zero-order valence-electron chi connectivity index (χ0n) is 11.2. The van der Waals surface area contributed by atoms with Crippen molar-refractivity contribution in [3.05, 3.63) is 29.8 Å². The highest BCUT2D eigenvalue weighted by Crippen LogP contribution is 2.28. The van der Waals surface area contributed by atoms with E-state index in [9.17, 15) is 0 Å². The van der Waals surface area contributed by atoms with Crippen molar-refractivity contribution in [2.24, 2.45) is 0 Å². The van der Waals surface area contributed by atoms with E-state index >= 15 is 0 Å². The summed E-state index contributed by atoms with van der Waals surface area (Å²) in [6.45, 7) is 5.27. The first-order chi connectivity index (χ1) is 8.69. The zero-order chi connectivity index (χ0) is 13.4. The molecule has 0 aliphatic heterocycles. The summed E-state index contributed by atoms with van der Waals surface area (Å²) in [4.78, 5) is 0. The van der Waals surface area contributed by atoms with Crippen LogP contribution in [0.15, 0.2) is 24.3 Å². The third-order valence-electron chi connectivity index (χ3n) is 2.48. The monoisotopic (exact) mass is 364 g/mol. The topological polar surface area (TPSA) is 27.7 Å². The normalized spacial score (nSPS) is 12.7. The predicted molar refractivity (Wildman–Crippen MR) is 81.7 cm³/mol. The minimum atomic E-state index is 0.0533. The number of ether oxygens (including phenoxy) is 3. The highest BCUT2D eigenvalue weighted by molar-refractivity contribution is 14.1. The second-order valence-corrected chi connectivity index (χ2v) is 5.06. The first-order valence-electron chi connectivity index (χ1n) is 6.11. The molecule has 1 aromatic rings. The highest BCUT2D eigenvalue weighted by atomic mass is 127. The smallest absolute Gasteiger partial charge is 0.124 e. The molecule has 0 aliphatic carbocycles. The predicted octanol–water partition coefficient (Wildman–Crippen LogP) is 3.61. The van der Waals surface area contributed by atoms with Crippen molar-refractivity contribution < 1.29 is 14.2 Å². The number of benzene rings is 1. The molecule has 0 heterocycles. The molecule has 0 saturated heterocycles. The Kier molecular flexibility index (Phi) is 7.62. The first kappa shape index (κ1) is 15.7. The lowest BCUT2D eigenvalue weighted by Gasteiger charge is -2.19. The Labute approximate surface area is 123 Å². The summed E-state index contributed by atoms with van der Waals surface area (Å²) < 4.78 is 17.6. The number of para-hydroxylation sites is 1.